The standard InChI is InChI=1S/C3H6O2.C2H3Cl/c1-2-3(4)5;1-2-3/h2H2,1H3,(H,4,5);2H,1H2. The van der Waals surface area contributed by atoms with Crippen molar-refractivity contribution in [3.05, 3.63) is 12.1 Å². The lowest BCUT2D eigenvalue weighted by molar-refractivity contribution is -0.136. The fraction of sp³-hybridized carbons (Fsp3) is 0.400. The van der Waals surface area contributed by atoms with Crippen LogP contribution in [0.3, 0.4) is 0 Å². The maximum atomic E-state index is 9.37. The number of carbonyl (C=O) groups is 1. The molecule has 0 radical (unpaired) electrons. The molecular weight excluding hydrogens is 128 g/mol. The van der Waals surface area contributed by atoms with Crippen LogP contribution in [0.25, 0.3) is 0 Å². The van der Waals surface area contributed by atoms with Crippen LogP contribution >= 0.6 is 11.6 Å². The molecule has 3 heteroatoms. The monoisotopic (exact) mass is 136 g/mol. The highest BCUT2D eigenvalue weighted by Gasteiger charge is 1.80. The molecule has 0 aromatic carbocycles. The van der Waals surface area contributed by atoms with Gasteiger partial charge < -0.3 is 5.11 Å². The summed E-state index contributed by atoms with van der Waals surface area (Å²) >= 11 is 4.76. The summed E-state index contributed by atoms with van der Waals surface area (Å²) in [5, 5.41) is 7.72. The normalized spacial score (nSPS) is 6.25. The van der Waals surface area contributed by atoms with Crippen LogP contribution in [-0.2, 0) is 4.79 Å². The maximum absolute atomic E-state index is 9.37. The van der Waals surface area contributed by atoms with Gasteiger partial charge in [-0.3, -0.25) is 4.79 Å². The van der Waals surface area contributed by atoms with E-state index in [2.05, 4.69) is 6.58 Å². The van der Waals surface area contributed by atoms with E-state index in [0.717, 1.165) is 0 Å². The molecule has 8 heavy (non-hydrogen) atoms. The van der Waals surface area contributed by atoms with Gasteiger partial charge in [0, 0.05) is 6.42 Å². The van der Waals surface area contributed by atoms with Crippen molar-refractivity contribution in [2.45, 2.75) is 13.3 Å². The zero-order valence-electron chi connectivity index (χ0n) is 4.72. The van der Waals surface area contributed by atoms with Crippen molar-refractivity contribution in [1.29, 1.82) is 0 Å². The molecule has 0 heterocycles. The molecular formula is C5H9ClO2. The molecule has 48 valence electrons. The SMILES string of the molecule is C=CCl.CCC(=O)O. The average molecular weight is 137 g/mol. The third-order valence-corrected chi connectivity index (χ3v) is 0.302. The predicted molar refractivity (Wildman–Crippen MR) is 34.0 cm³/mol. The van der Waals surface area contributed by atoms with E-state index in [1.807, 2.05) is 0 Å². The molecule has 0 saturated carbocycles. The van der Waals surface area contributed by atoms with Gasteiger partial charge in [-0.2, -0.15) is 0 Å². The van der Waals surface area contributed by atoms with E-state index < -0.39 is 5.97 Å². The average Bonchev–Trinajstić information content (AvgIpc) is 1.69. The minimum atomic E-state index is -0.745. The largest absolute Gasteiger partial charge is 0.481 e. The molecule has 0 aliphatic rings. The quantitative estimate of drug-likeness (QED) is 0.598. The second kappa shape index (κ2) is 9.71. The van der Waals surface area contributed by atoms with Crippen LogP contribution in [0.1, 0.15) is 13.3 Å². The van der Waals surface area contributed by atoms with Gasteiger partial charge in [-0.25, -0.2) is 0 Å². The maximum Gasteiger partial charge on any atom is 0.303 e. The number of rotatable bonds is 1. The van der Waals surface area contributed by atoms with Gasteiger partial charge in [0.15, 0.2) is 0 Å². The molecule has 0 amide bonds. The molecule has 0 aliphatic carbocycles. The molecule has 0 bridgehead atoms. The first-order valence-corrected chi connectivity index (χ1v) is 2.55. The molecule has 0 fully saturated rings. The van der Waals surface area contributed by atoms with Crippen molar-refractivity contribution in [2.75, 3.05) is 0 Å². The number of hydrogen-bond acceptors (Lipinski definition) is 1. The highest BCUT2D eigenvalue weighted by atomic mass is 35.5. The van der Waals surface area contributed by atoms with Crippen molar-refractivity contribution in [3.63, 3.8) is 0 Å². The Morgan fingerprint density at radius 2 is 2.12 bits per heavy atom. The highest BCUT2D eigenvalue weighted by molar-refractivity contribution is 6.25. The Bertz CT molecular complexity index is 70.8. The molecule has 0 aliphatic heterocycles. The van der Waals surface area contributed by atoms with Crippen LogP contribution in [0.4, 0.5) is 0 Å². The Morgan fingerprint density at radius 1 is 2.00 bits per heavy atom. The number of halogens is 1. The highest BCUT2D eigenvalue weighted by Crippen LogP contribution is 1.67. The number of carboxylic acid groups (broad SMARTS) is 1. The minimum absolute atomic E-state index is 0.222. The third kappa shape index (κ3) is 49.5. The van der Waals surface area contributed by atoms with Crippen LogP contribution in [0, 0.1) is 0 Å². The smallest absolute Gasteiger partial charge is 0.303 e. The van der Waals surface area contributed by atoms with E-state index in [9.17, 15) is 4.79 Å². The first-order valence-electron chi connectivity index (χ1n) is 2.11. The second-order valence-electron chi connectivity index (χ2n) is 0.902. The van der Waals surface area contributed by atoms with Gasteiger partial charge >= 0.3 is 5.97 Å². The first-order chi connectivity index (χ1) is 3.68. The van der Waals surface area contributed by atoms with Crippen LogP contribution in [0.5, 0.6) is 0 Å². The Hall–Kier alpha value is -0.500. The van der Waals surface area contributed by atoms with E-state index in [0.29, 0.717) is 0 Å². The fourth-order valence-electron chi connectivity index (χ4n) is 0. The van der Waals surface area contributed by atoms with Gasteiger partial charge in [0.1, 0.15) is 0 Å². The zero-order valence-corrected chi connectivity index (χ0v) is 5.48. The van der Waals surface area contributed by atoms with Crippen LogP contribution < -0.4 is 0 Å². The molecule has 2 nitrogen and oxygen atoms in total. The molecule has 0 rings (SSSR count). The van der Waals surface area contributed by atoms with Gasteiger partial charge in [0.25, 0.3) is 0 Å². The molecule has 1 N–H and O–H groups in total. The van der Waals surface area contributed by atoms with E-state index in [1.54, 1.807) is 6.92 Å². The van der Waals surface area contributed by atoms with Gasteiger partial charge in [-0.1, -0.05) is 25.1 Å². The summed E-state index contributed by atoms with van der Waals surface area (Å²) in [6.07, 6.45) is 0.222. The van der Waals surface area contributed by atoms with Crippen molar-refractivity contribution >= 4 is 17.6 Å². The minimum Gasteiger partial charge on any atom is -0.481 e. The summed E-state index contributed by atoms with van der Waals surface area (Å²) in [5.41, 5.74) is 1.22. The van der Waals surface area contributed by atoms with Gasteiger partial charge in [-0.05, 0) is 5.54 Å². The number of aliphatic carboxylic acids is 1. The zero-order chi connectivity index (χ0) is 6.99. The first kappa shape index (κ1) is 10.5. The summed E-state index contributed by atoms with van der Waals surface area (Å²) in [5.74, 6) is -0.745. The number of hydrogen-bond donors (Lipinski definition) is 1. The molecule has 0 atom stereocenters. The van der Waals surface area contributed by atoms with Gasteiger partial charge in [0.2, 0.25) is 0 Å². The van der Waals surface area contributed by atoms with Crippen molar-refractivity contribution in [1.82, 2.24) is 0 Å². The van der Waals surface area contributed by atoms with Crippen LogP contribution in [0.2, 0.25) is 0 Å². The lowest BCUT2D eigenvalue weighted by Crippen LogP contribution is -1.86. The van der Waals surface area contributed by atoms with Gasteiger partial charge in [-0.15, -0.1) is 0 Å². The van der Waals surface area contributed by atoms with E-state index in [4.69, 9.17) is 16.7 Å². The molecule has 0 aromatic heterocycles. The Kier molecular flexibility index (Phi) is 12.7. The van der Waals surface area contributed by atoms with Crippen molar-refractivity contribution in [2.24, 2.45) is 0 Å². The Morgan fingerprint density at radius 3 is 2.12 bits per heavy atom. The summed E-state index contributed by atoms with van der Waals surface area (Å²) in [6, 6.07) is 0. The summed E-state index contributed by atoms with van der Waals surface area (Å²) in [4.78, 5) is 9.37. The Labute approximate surface area is 53.8 Å². The number of carboxylic acids is 1. The summed E-state index contributed by atoms with van der Waals surface area (Å²) in [7, 11) is 0. The Balaban J connectivity index is 0. The van der Waals surface area contributed by atoms with E-state index in [-0.39, 0.29) is 6.42 Å². The summed E-state index contributed by atoms with van der Waals surface area (Å²) in [6.45, 7) is 4.73. The van der Waals surface area contributed by atoms with Gasteiger partial charge in [0.05, 0.1) is 0 Å². The third-order valence-electron chi connectivity index (χ3n) is 0.302. The molecule has 0 spiro atoms. The fourth-order valence-corrected chi connectivity index (χ4v) is 0. The van der Waals surface area contributed by atoms with Crippen molar-refractivity contribution in [3.8, 4) is 0 Å². The lowest BCUT2D eigenvalue weighted by Gasteiger charge is -1.71. The van der Waals surface area contributed by atoms with Crippen molar-refractivity contribution < 1.29 is 9.90 Å². The lowest BCUT2D eigenvalue weighted by atomic mass is 10.5. The molecule has 0 saturated heterocycles. The van der Waals surface area contributed by atoms with Crippen LogP contribution in [-0.4, -0.2) is 11.1 Å². The van der Waals surface area contributed by atoms with E-state index >= 15 is 0 Å². The topological polar surface area (TPSA) is 37.3 Å². The second-order valence-corrected chi connectivity index (χ2v) is 1.21. The van der Waals surface area contributed by atoms with Crippen LogP contribution in [0.15, 0.2) is 12.1 Å². The molecule has 0 aromatic rings. The van der Waals surface area contributed by atoms with E-state index in [1.165, 1.54) is 5.54 Å². The summed E-state index contributed by atoms with van der Waals surface area (Å²) < 4.78 is 0. The molecule has 0 unspecified atom stereocenters. The predicted octanol–water partition coefficient (Wildman–Crippen LogP) is 1.85.